The van der Waals surface area contributed by atoms with Gasteiger partial charge in [0.1, 0.15) is 6.61 Å². The zero-order chi connectivity index (χ0) is 24.3. The lowest BCUT2D eigenvalue weighted by Gasteiger charge is -2.34. The van der Waals surface area contributed by atoms with E-state index in [1.54, 1.807) is 22.8 Å². The van der Waals surface area contributed by atoms with Crippen molar-refractivity contribution >= 4 is 17.9 Å². The molecule has 0 aliphatic carbocycles. The maximum atomic E-state index is 13.1. The van der Waals surface area contributed by atoms with Gasteiger partial charge in [0, 0.05) is 50.1 Å². The van der Waals surface area contributed by atoms with Crippen molar-refractivity contribution in [3.8, 4) is 17.4 Å². The number of carbonyl (C=O) groups is 2. The molecule has 1 aromatic heterocycles. The van der Waals surface area contributed by atoms with Crippen molar-refractivity contribution in [2.75, 3.05) is 32.8 Å². The topological polar surface area (TPSA) is 101 Å². The highest BCUT2D eigenvalue weighted by atomic mass is 19.3. The maximum absolute atomic E-state index is 13.1. The van der Waals surface area contributed by atoms with Gasteiger partial charge in [0.05, 0.1) is 6.10 Å². The van der Waals surface area contributed by atoms with Gasteiger partial charge in [-0.2, -0.15) is 0 Å². The summed E-state index contributed by atoms with van der Waals surface area (Å²) in [5, 5.41) is 9.32. The number of benzene rings is 1. The highest BCUT2D eigenvalue weighted by Crippen LogP contribution is 2.41. The number of carbonyl (C=O) groups excluding carboxylic acids is 2. The summed E-state index contributed by atoms with van der Waals surface area (Å²) >= 11 is 0. The molecule has 2 aromatic rings. The molecule has 0 spiro atoms. The Labute approximate surface area is 194 Å². The first kappa shape index (κ1) is 23.4. The van der Waals surface area contributed by atoms with Crippen LogP contribution in [-0.4, -0.2) is 76.9 Å². The van der Waals surface area contributed by atoms with Crippen LogP contribution in [0.3, 0.4) is 0 Å². The molecule has 2 amide bonds. The Hall–Kier alpha value is -3.73. The number of aliphatic hydroxyl groups is 1. The number of amides is 2. The molecular weight excluding hydrogens is 452 g/mol. The lowest BCUT2D eigenvalue weighted by molar-refractivity contribution is -0.286. The van der Waals surface area contributed by atoms with Crippen molar-refractivity contribution in [2.45, 2.75) is 19.3 Å². The molecule has 1 N–H and O–H groups in total. The van der Waals surface area contributed by atoms with Gasteiger partial charge < -0.3 is 29.1 Å². The molecule has 0 radical (unpaired) electrons. The van der Waals surface area contributed by atoms with Crippen LogP contribution < -0.4 is 14.2 Å². The molecule has 34 heavy (non-hydrogen) atoms. The molecule has 2 aliphatic heterocycles. The number of hydrogen-bond donors (Lipinski definition) is 1. The minimum absolute atomic E-state index is 0.0647. The molecule has 1 aromatic carbocycles. The van der Waals surface area contributed by atoms with Crippen LogP contribution in [0.4, 0.5) is 8.78 Å². The Bertz CT molecular complexity index is 1100. The van der Waals surface area contributed by atoms with Gasteiger partial charge >= 0.3 is 6.29 Å². The third-order valence-electron chi connectivity index (χ3n) is 5.18. The zero-order valence-corrected chi connectivity index (χ0v) is 18.3. The predicted molar refractivity (Wildman–Crippen MR) is 116 cm³/mol. The zero-order valence-electron chi connectivity index (χ0n) is 18.3. The number of alkyl halides is 2. The van der Waals surface area contributed by atoms with E-state index in [4.69, 9.17) is 4.74 Å². The second-order valence-corrected chi connectivity index (χ2v) is 7.87. The number of hydrogen-bond acceptors (Lipinski definition) is 7. The predicted octanol–water partition coefficient (Wildman–Crippen LogP) is 2.16. The van der Waals surface area contributed by atoms with Gasteiger partial charge in [-0.1, -0.05) is 6.07 Å². The van der Waals surface area contributed by atoms with Crippen molar-refractivity contribution in [3.63, 3.8) is 0 Å². The second kappa shape index (κ2) is 9.64. The summed E-state index contributed by atoms with van der Waals surface area (Å²) in [6, 6.07) is 7.36. The van der Waals surface area contributed by atoms with Crippen LogP contribution in [0.25, 0.3) is 6.08 Å². The largest absolute Gasteiger partial charge is 0.586 e. The van der Waals surface area contributed by atoms with Crippen LogP contribution in [0.1, 0.15) is 22.8 Å². The fraction of sp³-hybridized carbons (Fsp3) is 0.348. The van der Waals surface area contributed by atoms with Crippen LogP contribution in [0, 0.1) is 0 Å². The van der Waals surface area contributed by atoms with E-state index in [1.165, 1.54) is 42.6 Å². The summed E-state index contributed by atoms with van der Waals surface area (Å²) in [7, 11) is 0. The summed E-state index contributed by atoms with van der Waals surface area (Å²) in [5.41, 5.74) is 0.914. The van der Waals surface area contributed by atoms with Gasteiger partial charge in [-0.05, 0) is 36.8 Å². The van der Waals surface area contributed by atoms with Gasteiger partial charge in [-0.3, -0.25) is 9.59 Å². The maximum Gasteiger partial charge on any atom is 0.586 e. The summed E-state index contributed by atoms with van der Waals surface area (Å²) in [6.45, 7) is 3.05. The van der Waals surface area contributed by atoms with Crippen LogP contribution in [0.2, 0.25) is 0 Å². The van der Waals surface area contributed by atoms with Crippen molar-refractivity contribution < 1.29 is 37.7 Å². The molecule has 3 heterocycles. The van der Waals surface area contributed by atoms with E-state index < -0.39 is 12.4 Å². The van der Waals surface area contributed by atoms with E-state index in [1.807, 2.05) is 0 Å². The molecule has 2 aliphatic rings. The number of piperazine rings is 1. The molecule has 1 unspecified atom stereocenters. The SMILES string of the molecule is CC(O)COc1cc(C(=O)N2CCN(C(=O)C=Cc3ccc4c(c3)OC(F)(F)O4)CC2)ccn1. The molecule has 0 saturated carbocycles. The first-order valence-electron chi connectivity index (χ1n) is 10.6. The first-order chi connectivity index (χ1) is 16.2. The van der Waals surface area contributed by atoms with E-state index in [2.05, 4.69) is 14.5 Å². The normalized spacial score (nSPS) is 17.6. The second-order valence-electron chi connectivity index (χ2n) is 7.87. The summed E-state index contributed by atoms with van der Waals surface area (Å²) in [6.07, 6.45) is -0.0315. The summed E-state index contributed by atoms with van der Waals surface area (Å²) < 4.78 is 40.4. The Balaban J connectivity index is 1.30. The molecule has 1 atom stereocenters. The Morgan fingerprint density at radius 3 is 2.59 bits per heavy atom. The van der Waals surface area contributed by atoms with Crippen LogP contribution in [-0.2, 0) is 4.79 Å². The van der Waals surface area contributed by atoms with Crippen molar-refractivity contribution in [1.82, 2.24) is 14.8 Å². The van der Waals surface area contributed by atoms with Crippen LogP contribution in [0.15, 0.2) is 42.6 Å². The smallest absolute Gasteiger partial charge is 0.475 e. The average molecular weight is 475 g/mol. The monoisotopic (exact) mass is 475 g/mol. The van der Waals surface area contributed by atoms with Gasteiger partial charge in [0.2, 0.25) is 11.8 Å². The fourth-order valence-electron chi connectivity index (χ4n) is 3.48. The quantitative estimate of drug-likeness (QED) is 0.639. The number of halogens is 2. The van der Waals surface area contributed by atoms with Crippen molar-refractivity contribution in [3.05, 3.63) is 53.7 Å². The van der Waals surface area contributed by atoms with Crippen LogP contribution in [0.5, 0.6) is 17.4 Å². The molecule has 1 fully saturated rings. The first-order valence-corrected chi connectivity index (χ1v) is 10.6. The lowest BCUT2D eigenvalue weighted by atomic mass is 10.1. The molecule has 11 heteroatoms. The van der Waals surface area contributed by atoms with E-state index in [-0.39, 0.29) is 35.8 Å². The molecule has 9 nitrogen and oxygen atoms in total. The Morgan fingerprint density at radius 1 is 1.15 bits per heavy atom. The fourth-order valence-corrected chi connectivity index (χ4v) is 3.48. The number of aliphatic hydroxyl groups excluding tert-OH is 1. The Morgan fingerprint density at radius 2 is 1.85 bits per heavy atom. The number of ether oxygens (including phenoxy) is 3. The number of fused-ring (bicyclic) bond motifs is 1. The van der Waals surface area contributed by atoms with Crippen molar-refractivity contribution in [2.24, 2.45) is 0 Å². The van der Waals surface area contributed by atoms with E-state index in [0.717, 1.165) is 0 Å². The standard InChI is InChI=1S/C23H23F2N3O6/c1-15(29)14-32-20-13-17(6-7-26-20)22(31)28-10-8-27(9-11-28)21(30)5-3-16-2-4-18-19(12-16)34-23(24,25)33-18/h2-7,12-13,15,29H,8-11,14H2,1H3. The summed E-state index contributed by atoms with van der Waals surface area (Å²) in [5.74, 6) is -0.373. The molecule has 180 valence electrons. The average Bonchev–Trinajstić information content (AvgIpc) is 3.14. The van der Waals surface area contributed by atoms with Gasteiger partial charge in [0.25, 0.3) is 5.91 Å². The number of aromatic nitrogens is 1. The lowest BCUT2D eigenvalue weighted by Crippen LogP contribution is -2.50. The van der Waals surface area contributed by atoms with E-state index in [9.17, 15) is 23.5 Å². The molecule has 4 rings (SSSR count). The van der Waals surface area contributed by atoms with E-state index in [0.29, 0.717) is 37.3 Å². The number of rotatable bonds is 6. The van der Waals surface area contributed by atoms with Crippen molar-refractivity contribution in [1.29, 1.82) is 0 Å². The third kappa shape index (κ3) is 5.60. The Kier molecular flexibility index (Phi) is 6.64. The van der Waals surface area contributed by atoms with Gasteiger partial charge in [-0.15, -0.1) is 8.78 Å². The molecule has 1 saturated heterocycles. The number of pyridine rings is 1. The summed E-state index contributed by atoms with van der Waals surface area (Å²) in [4.78, 5) is 32.6. The molecular formula is C23H23F2N3O6. The van der Waals surface area contributed by atoms with E-state index >= 15 is 0 Å². The third-order valence-corrected chi connectivity index (χ3v) is 5.18. The highest BCUT2D eigenvalue weighted by molar-refractivity contribution is 5.95. The van der Waals surface area contributed by atoms with Gasteiger partial charge in [0.15, 0.2) is 11.5 Å². The van der Waals surface area contributed by atoms with Crippen LogP contribution >= 0.6 is 0 Å². The highest BCUT2D eigenvalue weighted by Gasteiger charge is 2.43. The minimum atomic E-state index is -3.69. The van der Waals surface area contributed by atoms with Gasteiger partial charge in [-0.25, -0.2) is 4.98 Å². The molecule has 0 bridgehead atoms. The minimum Gasteiger partial charge on any atom is -0.475 e. The number of nitrogens with zero attached hydrogens (tertiary/aromatic N) is 3.